The van der Waals surface area contributed by atoms with Crippen molar-refractivity contribution in [3.8, 4) is 0 Å². The topological polar surface area (TPSA) is 52.0 Å². The van der Waals surface area contributed by atoms with Gasteiger partial charge in [0.15, 0.2) is 0 Å². The van der Waals surface area contributed by atoms with Crippen molar-refractivity contribution in [3.63, 3.8) is 0 Å². The van der Waals surface area contributed by atoms with Gasteiger partial charge in [0.05, 0.1) is 0 Å². The molecule has 1 rings (SSSR count). The molecule has 1 heterocycles. The zero-order valence-electron chi connectivity index (χ0n) is 6.19. The second kappa shape index (κ2) is 5.55. The van der Waals surface area contributed by atoms with Crippen molar-refractivity contribution in [1.29, 1.82) is 0 Å². The average molecular weight is 193 g/mol. The molecule has 0 aromatic carbocycles. The van der Waals surface area contributed by atoms with E-state index in [1.54, 1.807) is 11.3 Å². The SMILES string of the molecule is Cl.NCC[C@H](N)c1cccs1. The van der Waals surface area contributed by atoms with Crippen LogP contribution in [0.2, 0.25) is 0 Å². The van der Waals surface area contributed by atoms with Gasteiger partial charge >= 0.3 is 0 Å². The third-order valence-electron chi connectivity index (χ3n) is 1.39. The largest absolute Gasteiger partial charge is 0.330 e. The Bertz CT molecular complexity index is 177. The van der Waals surface area contributed by atoms with E-state index in [0.29, 0.717) is 6.54 Å². The Morgan fingerprint density at radius 2 is 2.27 bits per heavy atom. The summed E-state index contributed by atoms with van der Waals surface area (Å²) in [4.78, 5) is 1.23. The fourth-order valence-corrected chi connectivity index (χ4v) is 1.59. The molecule has 0 radical (unpaired) electrons. The number of nitrogens with two attached hydrogens (primary N) is 2. The summed E-state index contributed by atoms with van der Waals surface area (Å²) in [5, 5.41) is 2.03. The van der Waals surface area contributed by atoms with Gasteiger partial charge in [-0.2, -0.15) is 0 Å². The Morgan fingerprint density at radius 3 is 2.73 bits per heavy atom. The van der Waals surface area contributed by atoms with Crippen molar-refractivity contribution in [2.45, 2.75) is 12.5 Å². The van der Waals surface area contributed by atoms with Gasteiger partial charge in [-0.05, 0) is 24.4 Å². The number of rotatable bonds is 3. The van der Waals surface area contributed by atoms with E-state index < -0.39 is 0 Å². The predicted octanol–water partition coefficient (Wildman–Crippen LogP) is 1.52. The molecule has 4 heteroatoms. The zero-order valence-corrected chi connectivity index (χ0v) is 7.83. The summed E-state index contributed by atoms with van der Waals surface area (Å²) in [7, 11) is 0. The van der Waals surface area contributed by atoms with Gasteiger partial charge in [-0.15, -0.1) is 23.7 Å². The van der Waals surface area contributed by atoms with Crippen molar-refractivity contribution < 1.29 is 0 Å². The quantitative estimate of drug-likeness (QED) is 0.763. The molecule has 64 valence electrons. The molecule has 2 nitrogen and oxygen atoms in total. The van der Waals surface area contributed by atoms with Gasteiger partial charge in [-0.3, -0.25) is 0 Å². The van der Waals surface area contributed by atoms with E-state index in [1.165, 1.54) is 4.88 Å². The molecule has 0 aliphatic carbocycles. The predicted molar refractivity (Wildman–Crippen MR) is 52.2 cm³/mol. The molecule has 1 aromatic heterocycles. The fraction of sp³-hybridized carbons (Fsp3) is 0.429. The molecule has 0 aliphatic rings. The van der Waals surface area contributed by atoms with E-state index in [-0.39, 0.29) is 18.4 Å². The van der Waals surface area contributed by atoms with Crippen molar-refractivity contribution >= 4 is 23.7 Å². The maximum atomic E-state index is 5.78. The van der Waals surface area contributed by atoms with Crippen LogP contribution < -0.4 is 11.5 Å². The van der Waals surface area contributed by atoms with Crippen LogP contribution in [0.4, 0.5) is 0 Å². The van der Waals surface area contributed by atoms with Crippen molar-refractivity contribution in [3.05, 3.63) is 22.4 Å². The Balaban J connectivity index is 0.000001000. The number of hydrogen-bond acceptors (Lipinski definition) is 3. The first-order valence-corrected chi connectivity index (χ1v) is 4.21. The third-order valence-corrected chi connectivity index (χ3v) is 2.39. The summed E-state index contributed by atoms with van der Waals surface area (Å²) in [6.07, 6.45) is 0.876. The molecule has 0 fully saturated rings. The van der Waals surface area contributed by atoms with E-state index in [9.17, 15) is 0 Å². The van der Waals surface area contributed by atoms with Gasteiger partial charge in [0.1, 0.15) is 0 Å². The Hall–Kier alpha value is -0.0900. The molecule has 0 saturated carbocycles. The van der Waals surface area contributed by atoms with Crippen molar-refractivity contribution in [2.24, 2.45) is 11.5 Å². The van der Waals surface area contributed by atoms with Crippen molar-refractivity contribution in [2.75, 3.05) is 6.54 Å². The molecule has 1 aromatic rings. The van der Waals surface area contributed by atoms with Crippen LogP contribution in [-0.4, -0.2) is 6.54 Å². The van der Waals surface area contributed by atoms with Crippen LogP contribution in [0.3, 0.4) is 0 Å². The normalized spacial score (nSPS) is 12.2. The Kier molecular flexibility index (Phi) is 5.50. The molecule has 0 unspecified atom stereocenters. The monoisotopic (exact) mass is 192 g/mol. The average Bonchev–Trinajstić information content (AvgIpc) is 2.38. The molecule has 0 spiro atoms. The van der Waals surface area contributed by atoms with Gasteiger partial charge in [-0.25, -0.2) is 0 Å². The van der Waals surface area contributed by atoms with Gasteiger partial charge in [-0.1, -0.05) is 6.07 Å². The molecule has 0 aliphatic heterocycles. The summed E-state index contributed by atoms with van der Waals surface area (Å²) in [6.45, 7) is 0.666. The maximum absolute atomic E-state index is 5.78. The Labute approximate surface area is 77.0 Å². The highest BCUT2D eigenvalue weighted by Crippen LogP contribution is 2.18. The first-order valence-electron chi connectivity index (χ1n) is 3.33. The molecular formula is C7H13ClN2S. The van der Waals surface area contributed by atoms with Gasteiger partial charge in [0, 0.05) is 10.9 Å². The lowest BCUT2D eigenvalue weighted by Crippen LogP contribution is -2.13. The number of hydrogen-bond donors (Lipinski definition) is 2. The zero-order chi connectivity index (χ0) is 7.40. The van der Waals surface area contributed by atoms with Crippen LogP contribution >= 0.6 is 23.7 Å². The van der Waals surface area contributed by atoms with Crippen LogP contribution in [0.25, 0.3) is 0 Å². The van der Waals surface area contributed by atoms with E-state index in [2.05, 4.69) is 0 Å². The van der Waals surface area contributed by atoms with E-state index in [1.807, 2.05) is 17.5 Å². The lowest BCUT2D eigenvalue weighted by Gasteiger charge is -2.05. The molecular weight excluding hydrogens is 180 g/mol. The van der Waals surface area contributed by atoms with E-state index >= 15 is 0 Å². The van der Waals surface area contributed by atoms with Gasteiger partial charge in [0.2, 0.25) is 0 Å². The van der Waals surface area contributed by atoms with Gasteiger partial charge < -0.3 is 11.5 Å². The minimum Gasteiger partial charge on any atom is -0.330 e. The second-order valence-corrected chi connectivity index (χ2v) is 3.18. The minimum absolute atomic E-state index is 0. The van der Waals surface area contributed by atoms with Crippen LogP contribution in [0.15, 0.2) is 17.5 Å². The van der Waals surface area contributed by atoms with E-state index in [0.717, 1.165) is 6.42 Å². The molecule has 1 atom stereocenters. The molecule has 0 amide bonds. The highest BCUT2D eigenvalue weighted by atomic mass is 35.5. The summed E-state index contributed by atoms with van der Waals surface area (Å²) in [6, 6.07) is 4.20. The molecule has 11 heavy (non-hydrogen) atoms. The fourth-order valence-electron chi connectivity index (χ4n) is 0.824. The van der Waals surface area contributed by atoms with Crippen molar-refractivity contribution in [1.82, 2.24) is 0 Å². The smallest absolute Gasteiger partial charge is 0.0401 e. The standard InChI is InChI=1S/C7H12N2S.ClH/c8-4-3-6(9)7-2-1-5-10-7;/h1-2,5-6H,3-4,8-9H2;1H/t6-;/m0./s1. The highest BCUT2D eigenvalue weighted by Gasteiger charge is 2.03. The number of thiophene rings is 1. The maximum Gasteiger partial charge on any atom is 0.0401 e. The number of halogens is 1. The second-order valence-electron chi connectivity index (χ2n) is 2.20. The minimum atomic E-state index is 0. The molecule has 4 N–H and O–H groups in total. The summed E-state index contributed by atoms with van der Waals surface area (Å²) >= 11 is 1.69. The first kappa shape index (κ1) is 10.9. The van der Waals surface area contributed by atoms with Crippen LogP contribution in [0, 0.1) is 0 Å². The summed E-state index contributed by atoms with van der Waals surface area (Å²) in [5.41, 5.74) is 11.1. The first-order chi connectivity index (χ1) is 4.84. The molecule has 0 bridgehead atoms. The van der Waals surface area contributed by atoms with Crippen LogP contribution in [0.1, 0.15) is 17.3 Å². The van der Waals surface area contributed by atoms with Crippen LogP contribution in [-0.2, 0) is 0 Å². The lowest BCUT2D eigenvalue weighted by molar-refractivity contribution is 0.672. The highest BCUT2D eigenvalue weighted by molar-refractivity contribution is 7.10. The van der Waals surface area contributed by atoms with E-state index in [4.69, 9.17) is 11.5 Å². The third kappa shape index (κ3) is 3.20. The summed E-state index contributed by atoms with van der Waals surface area (Å²) in [5.74, 6) is 0. The Morgan fingerprint density at radius 1 is 1.55 bits per heavy atom. The summed E-state index contributed by atoms with van der Waals surface area (Å²) < 4.78 is 0. The lowest BCUT2D eigenvalue weighted by atomic mass is 10.2. The molecule has 0 saturated heterocycles. The van der Waals surface area contributed by atoms with Gasteiger partial charge in [0.25, 0.3) is 0 Å². The van der Waals surface area contributed by atoms with Crippen LogP contribution in [0.5, 0.6) is 0 Å².